The predicted octanol–water partition coefficient (Wildman–Crippen LogP) is 2.62. The lowest BCUT2D eigenvalue weighted by Crippen LogP contribution is -2.38. The Balaban J connectivity index is 4.23. The first kappa shape index (κ1) is 15.4. The minimum Gasteiger partial charge on any atom is -0.465 e. The summed E-state index contributed by atoms with van der Waals surface area (Å²) in [6.07, 6.45) is 0.323. The number of carbonyl (C=O) groups excluding carboxylic acids is 1. The van der Waals surface area contributed by atoms with Crippen LogP contribution in [0.4, 0.5) is 0 Å². The second-order valence-electron chi connectivity index (χ2n) is 5.59. The van der Waals surface area contributed by atoms with Gasteiger partial charge in [0.05, 0.1) is 18.6 Å². The van der Waals surface area contributed by atoms with Gasteiger partial charge in [-0.3, -0.25) is 4.79 Å². The maximum Gasteiger partial charge on any atom is 0.308 e. The fraction of sp³-hybridized carbons (Fsp3) is 0.923. The molecule has 16 heavy (non-hydrogen) atoms. The van der Waals surface area contributed by atoms with Crippen molar-refractivity contribution in [3.8, 4) is 0 Å². The van der Waals surface area contributed by atoms with Crippen molar-refractivity contribution >= 4 is 5.97 Å². The third-order valence-corrected chi connectivity index (χ3v) is 3.03. The summed E-state index contributed by atoms with van der Waals surface area (Å²) in [4.78, 5) is 11.5. The van der Waals surface area contributed by atoms with E-state index in [0.29, 0.717) is 0 Å². The van der Waals surface area contributed by atoms with Gasteiger partial charge in [0.2, 0.25) is 0 Å². The number of aliphatic hydroxyl groups excluding tert-OH is 1. The molecule has 1 N–H and O–H groups in total. The number of esters is 1. The minimum absolute atomic E-state index is 0.0630. The number of rotatable bonds is 6. The molecule has 0 aliphatic carbocycles. The standard InChI is InChI=1S/C13H26O3/c1-7-10(4)12(15)16-8-13(5,6)11(14)9(2)3/h9-11,14H,7-8H2,1-6H3. The molecule has 96 valence electrons. The van der Waals surface area contributed by atoms with Crippen LogP contribution in [0.1, 0.15) is 48.0 Å². The van der Waals surface area contributed by atoms with Crippen LogP contribution in [-0.4, -0.2) is 23.8 Å². The van der Waals surface area contributed by atoms with Gasteiger partial charge < -0.3 is 9.84 Å². The number of hydrogen-bond acceptors (Lipinski definition) is 3. The van der Waals surface area contributed by atoms with E-state index in [0.717, 1.165) is 6.42 Å². The van der Waals surface area contributed by atoms with Gasteiger partial charge in [0.1, 0.15) is 0 Å². The highest BCUT2D eigenvalue weighted by molar-refractivity contribution is 5.71. The van der Waals surface area contributed by atoms with Crippen molar-refractivity contribution in [2.75, 3.05) is 6.61 Å². The van der Waals surface area contributed by atoms with E-state index in [2.05, 4.69) is 0 Å². The Hall–Kier alpha value is -0.570. The van der Waals surface area contributed by atoms with Crippen molar-refractivity contribution in [2.24, 2.45) is 17.3 Å². The highest BCUT2D eigenvalue weighted by Crippen LogP contribution is 2.26. The van der Waals surface area contributed by atoms with Crippen LogP contribution in [0, 0.1) is 17.3 Å². The first-order valence-corrected chi connectivity index (χ1v) is 6.07. The van der Waals surface area contributed by atoms with Gasteiger partial charge in [-0.25, -0.2) is 0 Å². The summed E-state index contributed by atoms with van der Waals surface area (Å²) >= 11 is 0. The van der Waals surface area contributed by atoms with Gasteiger partial charge >= 0.3 is 5.97 Å². The van der Waals surface area contributed by atoms with Gasteiger partial charge in [-0.2, -0.15) is 0 Å². The van der Waals surface area contributed by atoms with Crippen LogP contribution in [0.25, 0.3) is 0 Å². The Morgan fingerprint density at radius 1 is 1.31 bits per heavy atom. The lowest BCUT2D eigenvalue weighted by Gasteiger charge is -2.32. The van der Waals surface area contributed by atoms with Crippen molar-refractivity contribution < 1.29 is 14.6 Å². The fourth-order valence-electron chi connectivity index (χ4n) is 1.55. The first-order chi connectivity index (χ1) is 7.22. The molecule has 0 amide bonds. The van der Waals surface area contributed by atoms with Gasteiger partial charge in [0.25, 0.3) is 0 Å². The monoisotopic (exact) mass is 230 g/mol. The Morgan fingerprint density at radius 3 is 2.19 bits per heavy atom. The molecule has 0 bridgehead atoms. The van der Waals surface area contributed by atoms with E-state index in [9.17, 15) is 9.90 Å². The van der Waals surface area contributed by atoms with Gasteiger partial charge in [0.15, 0.2) is 0 Å². The van der Waals surface area contributed by atoms with Crippen LogP contribution in [0.5, 0.6) is 0 Å². The third-order valence-electron chi connectivity index (χ3n) is 3.03. The molecule has 0 aliphatic rings. The molecule has 0 aromatic heterocycles. The number of carbonyl (C=O) groups is 1. The van der Waals surface area contributed by atoms with Crippen molar-refractivity contribution in [3.05, 3.63) is 0 Å². The average molecular weight is 230 g/mol. The number of hydrogen-bond donors (Lipinski definition) is 1. The summed E-state index contributed by atoms with van der Waals surface area (Å²) in [7, 11) is 0. The van der Waals surface area contributed by atoms with E-state index < -0.39 is 11.5 Å². The molecule has 0 aromatic carbocycles. The average Bonchev–Trinajstić information content (AvgIpc) is 2.23. The summed E-state index contributed by atoms with van der Waals surface area (Å²) in [6, 6.07) is 0. The molecule has 0 aromatic rings. The zero-order chi connectivity index (χ0) is 12.9. The Bertz CT molecular complexity index is 221. The first-order valence-electron chi connectivity index (χ1n) is 6.07. The normalized spacial score (nSPS) is 16.0. The molecule has 0 radical (unpaired) electrons. The predicted molar refractivity (Wildman–Crippen MR) is 65.0 cm³/mol. The van der Waals surface area contributed by atoms with Crippen LogP contribution in [0.15, 0.2) is 0 Å². The number of aliphatic hydroxyl groups is 1. The highest BCUT2D eigenvalue weighted by Gasteiger charge is 2.32. The van der Waals surface area contributed by atoms with E-state index in [1.165, 1.54) is 0 Å². The van der Waals surface area contributed by atoms with E-state index in [1.54, 1.807) is 0 Å². The van der Waals surface area contributed by atoms with Gasteiger partial charge in [-0.15, -0.1) is 0 Å². The summed E-state index contributed by atoms with van der Waals surface area (Å²) in [5, 5.41) is 9.97. The quantitative estimate of drug-likeness (QED) is 0.713. The third kappa shape index (κ3) is 4.52. The second-order valence-corrected chi connectivity index (χ2v) is 5.59. The van der Waals surface area contributed by atoms with Crippen molar-refractivity contribution in [3.63, 3.8) is 0 Å². The van der Waals surface area contributed by atoms with Crippen LogP contribution < -0.4 is 0 Å². The minimum atomic E-state index is -0.461. The molecule has 0 heterocycles. The molecule has 0 aliphatic heterocycles. The zero-order valence-corrected chi connectivity index (χ0v) is 11.4. The van der Waals surface area contributed by atoms with Crippen molar-refractivity contribution in [2.45, 2.75) is 54.1 Å². The SMILES string of the molecule is CCC(C)C(=O)OCC(C)(C)C(O)C(C)C. The van der Waals surface area contributed by atoms with Crippen molar-refractivity contribution in [1.82, 2.24) is 0 Å². The van der Waals surface area contributed by atoms with Crippen LogP contribution >= 0.6 is 0 Å². The van der Waals surface area contributed by atoms with Crippen LogP contribution in [0.2, 0.25) is 0 Å². The van der Waals surface area contributed by atoms with Gasteiger partial charge in [-0.05, 0) is 12.3 Å². The van der Waals surface area contributed by atoms with Gasteiger partial charge in [-0.1, -0.05) is 41.5 Å². The Morgan fingerprint density at radius 2 is 1.81 bits per heavy atom. The maximum atomic E-state index is 11.5. The van der Waals surface area contributed by atoms with E-state index in [-0.39, 0.29) is 24.4 Å². The van der Waals surface area contributed by atoms with Crippen LogP contribution in [0.3, 0.4) is 0 Å². The molecule has 0 saturated carbocycles. The molecule has 3 nitrogen and oxygen atoms in total. The highest BCUT2D eigenvalue weighted by atomic mass is 16.5. The Labute approximate surface area is 99.2 Å². The molecule has 2 atom stereocenters. The maximum absolute atomic E-state index is 11.5. The molecule has 0 rings (SSSR count). The number of ether oxygens (including phenoxy) is 1. The molecule has 3 heteroatoms. The Kier molecular flexibility index (Phi) is 6.01. The second kappa shape index (κ2) is 6.24. The molecule has 0 spiro atoms. The van der Waals surface area contributed by atoms with Gasteiger partial charge in [0, 0.05) is 5.41 Å². The molecular formula is C13H26O3. The summed E-state index contributed by atoms with van der Waals surface area (Å²) in [5.41, 5.74) is -0.392. The van der Waals surface area contributed by atoms with E-state index in [4.69, 9.17) is 4.74 Å². The summed E-state index contributed by atoms with van der Waals surface area (Å²) < 4.78 is 5.23. The molecule has 0 saturated heterocycles. The van der Waals surface area contributed by atoms with Crippen LogP contribution in [-0.2, 0) is 9.53 Å². The topological polar surface area (TPSA) is 46.5 Å². The van der Waals surface area contributed by atoms with Crippen molar-refractivity contribution in [1.29, 1.82) is 0 Å². The fourth-order valence-corrected chi connectivity index (χ4v) is 1.55. The lowest BCUT2D eigenvalue weighted by molar-refractivity contribution is -0.154. The molecule has 0 fully saturated rings. The molecular weight excluding hydrogens is 204 g/mol. The largest absolute Gasteiger partial charge is 0.465 e. The summed E-state index contributed by atoms with van der Waals surface area (Å²) in [5.74, 6) is -0.0733. The zero-order valence-electron chi connectivity index (χ0n) is 11.4. The lowest BCUT2D eigenvalue weighted by atomic mass is 9.81. The van der Waals surface area contributed by atoms with E-state index in [1.807, 2.05) is 41.5 Å². The summed E-state index contributed by atoms with van der Waals surface area (Å²) in [6.45, 7) is 11.8. The van der Waals surface area contributed by atoms with E-state index >= 15 is 0 Å². The smallest absolute Gasteiger partial charge is 0.308 e. The molecule has 2 unspecified atom stereocenters.